The van der Waals surface area contributed by atoms with Crippen LogP contribution in [0.3, 0.4) is 0 Å². The molecule has 77 heavy (non-hydrogen) atoms. The summed E-state index contributed by atoms with van der Waals surface area (Å²) in [5, 5.41) is 139. The Morgan fingerprint density at radius 2 is 1.12 bits per heavy atom. The van der Waals surface area contributed by atoms with Crippen molar-refractivity contribution in [2.45, 2.75) is 98.2 Å². The number of aliphatic hydroxyl groups is 10. The molecule has 16 unspecified atom stereocenters. The number of aromatic hydroxyl groups is 5. The van der Waals surface area contributed by atoms with Crippen molar-refractivity contribution >= 4 is 30.2 Å². The van der Waals surface area contributed by atoms with Crippen LogP contribution in [0.5, 0.6) is 40.2 Å². The molecule has 25 heteroatoms. The second-order valence-electron chi connectivity index (χ2n) is 18.1. The smallest absolute Gasteiger partial charge is 0.330 e. The Hall–Kier alpha value is -7.08. The molecule has 0 bridgehead atoms. The minimum Gasteiger partial charge on any atom is -0.571 e. The molecule has 3 saturated heterocycles. The summed E-state index contributed by atoms with van der Waals surface area (Å²) < 4.78 is 56.6. The molecule has 0 aromatic heterocycles. The first kappa shape index (κ1) is 56.1. The Kier molecular flexibility index (Phi) is 17.9. The fourth-order valence-corrected chi connectivity index (χ4v) is 8.53. The molecular formula is C52H57O25+. The lowest BCUT2D eigenvalue weighted by molar-refractivity contribution is -0.364. The molecule has 414 valence electrons. The summed E-state index contributed by atoms with van der Waals surface area (Å²) in [4.78, 5) is 25.7. The molecule has 4 aromatic carbocycles. The van der Waals surface area contributed by atoms with Gasteiger partial charge in [0.05, 0.1) is 25.3 Å². The van der Waals surface area contributed by atoms with Gasteiger partial charge >= 0.3 is 11.9 Å². The number of hydrogen-bond donors (Lipinski definition) is 13. The number of ether oxygens (including phenoxy) is 10. The molecule has 0 amide bonds. The Balaban J connectivity index is 1.09. The van der Waals surface area contributed by atoms with Crippen molar-refractivity contribution in [3.8, 4) is 40.2 Å². The van der Waals surface area contributed by atoms with Gasteiger partial charge in [-0.1, -0.05) is 18.2 Å². The standard InChI is InChI=1S/C52H56O25/c1-68-33-16-24(4-13-30(33)57)6-15-39(59)69-21-36-41(61)44(64)47(67)51(75-36)77-49-45(65)42(62)37(22-70-38(58)14-5-23-2-9-26(54)10-3-23)76-52(49)73-34-19-29-31(71-48(34)25-7-11-27(55)12-8-25)17-28(56)18-32(29)72-50-46(66)43(63)40(60)35(20-53)74-50/h2-19,35-37,40-57,60-67H,20-22H2,1H3/p+1. The van der Waals surface area contributed by atoms with Gasteiger partial charge < -0.3 is 114 Å². The van der Waals surface area contributed by atoms with E-state index < -0.39 is 136 Å². The van der Waals surface area contributed by atoms with E-state index in [9.17, 15) is 76.0 Å². The topological polar surface area (TPSA) is 393 Å². The van der Waals surface area contributed by atoms with E-state index in [2.05, 4.69) is 0 Å². The highest BCUT2D eigenvalue weighted by molar-refractivity contribution is 5.87. The monoisotopic (exact) mass is 1080 g/mol. The van der Waals surface area contributed by atoms with Crippen LogP contribution in [0.2, 0.25) is 0 Å². The predicted octanol–water partition coefficient (Wildman–Crippen LogP) is -0.797. The molecule has 4 aliphatic rings. The lowest BCUT2D eigenvalue weighted by Gasteiger charge is -2.46. The number of benzene rings is 4. The van der Waals surface area contributed by atoms with Crippen molar-refractivity contribution in [3.63, 3.8) is 0 Å². The highest BCUT2D eigenvalue weighted by atomic mass is 16.8. The molecule has 4 aromatic rings. The molecular weight excluding hydrogens is 1020 g/mol. The van der Waals surface area contributed by atoms with Crippen LogP contribution in [-0.2, 0) is 42.7 Å². The van der Waals surface area contributed by atoms with Gasteiger partial charge in [0.25, 0.3) is 11.9 Å². The molecule has 8 rings (SSSR count). The van der Waals surface area contributed by atoms with E-state index in [1.807, 2.05) is 0 Å². The summed E-state index contributed by atoms with van der Waals surface area (Å²) in [6.45, 7) is -2.26. The first-order chi connectivity index (χ1) is 36.8. The second kappa shape index (κ2) is 24.5. The number of esters is 2. The maximum absolute atomic E-state index is 12.9. The van der Waals surface area contributed by atoms with Crippen molar-refractivity contribution in [3.05, 3.63) is 119 Å². The summed E-state index contributed by atoms with van der Waals surface area (Å²) in [7, 11) is 1.34. The predicted molar refractivity (Wildman–Crippen MR) is 259 cm³/mol. The zero-order chi connectivity index (χ0) is 55.2. The normalized spacial score (nSPS) is 31.2. The van der Waals surface area contributed by atoms with Gasteiger partial charge in [-0.15, -0.1) is 0 Å². The Labute approximate surface area is 437 Å². The fourth-order valence-electron chi connectivity index (χ4n) is 8.53. The van der Waals surface area contributed by atoms with E-state index in [-0.39, 0.29) is 45.8 Å². The molecule has 16 atom stereocenters. The van der Waals surface area contributed by atoms with Crippen LogP contribution in [0.25, 0.3) is 18.2 Å². The average Bonchev–Trinajstić information content (AvgIpc) is 3.46. The summed E-state index contributed by atoms with van der Waals surface area (Å²) in [6, 6.07) is 18.0. The molecule has 0 saturated carbocycles. The van der Waals surface area contributed by atoms with Gasteiger partial charge in [-0.3, -0.25) is 0 Å². The van der Waals surface area contributed by atoms with E-state index in [1.165, 1.54) is 98.1 Å². The number of methoxy groups -OCH3 is 1. The first-order valence-electron chi connectivity index (χ1n) is 23.8. The van der Waals surface area contributed by atoms with Gasteiger partial charge in [-0.25, -0.2) is 9.59 Å². The van der Waals surface area contributed by atoms with Gasteiger partial charge in [0.15, 0.2) is 29.7 Å². The van der Waals surface area contributed by atoms with Gasteiger partial charge in [0, 0.05) is 24.3 Å². The number of hydrogen-bond acceptors (Lipinski definition) is 24. The van der Waals surface area contributed by atoms with Gasteiger partial charge in [0.1, 0.15) is 109 Å². The lowest BCUT2D eigenvalue weighted by Crippen LogP contribution is -2.64. The molecule has 0 radical (unpaired) electrons. The summed E-state index contributed by atoms with van der Waals surface area (Å²) in [5.74, 6) is -2.88. The van der Waals surface area contributed by atoms with Gasteiger partial charge in [0.2, 0.25) is 12.6 Å². The number of aliphatic hydroxyl groups excluding tert-OH is 9. The van der Waals surface area contributed by atoms with Crippen LogP contribution in [0.4, 0.5) is 0 Å². The summed E-state index contributed by atoms with van der Waals surface area (Å²) >= 11 is 0. The molecule has 0 aliphatic carbocycles. The van der Waals surface area contributed by atoms with Crippen molar-refractivity contribution in [1.82, 2.24) is 0 Å². The van der Waals surface area contributed by atoms with Crippen molar-refractivity contribution in [2.24, 2.45) is 0 Å². The maximum atomic E-state index is 12.9. The zero-order valence-electron chi connectivity index (χ0n) is 40.5. The quantitative estimate of drug-likeness (QED) is 0.0350. The number of phenolic OH excluding ortho intramolecular Hbond substituents is 4. The van der Waals surface area contributed by atoms with Crippen LogP contribution >= 0.6 is 0 Å². The summed E-state index contributed by atoms with van der Waals surface area (Å²) in [6.07, 6.45) is -23.0. The highest BCUT2D eigenvalue weighted by Crippen LogP contribution is 2.47. The van der Waals surface area contributed by atoms with E-state index in [4.69, 9.17) is 47.4 Å². The number of phenols is 4. The maximum Gasteiger partial charge on any atom is 0.330 e. The SMILES string of the molecule is COc1cc(C=CC(=O)OCC2OC(OC3C(OC4=Cc5c(OC6OC(CO)C(O)C(O)C6O)cc(O)cc5[OH+]C4c4ccc(O)cc4)OC(COC(=O)C=Cc4ccc(O)cc4)C(O)C3O)C(O)C(O)C2O)ccc1O. The third-order valence-electron chi connectivity index (χ3n) is 12.8. The molecule has 14 N–H and O–H groups in total. The van der Waals surface area contributed by atoms with E-state index in [0.717, 1.165) is 18.2 Å². The summed E-state index contributed by atoms with van der Waals surface area (Å²) in [5.41, 5.74) is 1.30. The minimum atomic E-state index is -2.10. The highest BCUT2D eigenvalue weighted by Gasteiger charge is 2.53. The average molecular weight is 1080 g/mol. The molecule has 3 fully saturated rings. The van der Waals surface area contributed by atoms with Gasteiger partial charge in [-0.2, -0.15) is 0 Å². The Morgan fingerprint density at radius 1 is 0.571 bits per heavy atom. The largest absolute Gasteiger partial charge is 0.571 e. The fraction of sp³-hybridized carbons (Fsp3) is 0.385. The third-order valence-corrected chi connectivity index (χ3v) is 12.8. The van der Waals surface area contributed by atoms with E-state index in [0.29, 0.717) is 16.7 Å². The van der Waals surface area contributed by atoms with Crippen molar-refractivity contribution < 1.29 is 123 Å². The molecule has 0 spiro atoms. The molecule has 4 heterocycles. The van der Waals surface area contributed by atoms with Gasteiger partial charge in [-0.05, 0) is 71.8 Å². The number of rotatable bonds is 17. The minimum absolute atomic E-state index is 0.0130. The number of carbonyl (C=O) groups is 2. The van der Waals surface area contributed by atoms with Crippen LogP contribution in [0, 0.1) is 0 Å². The lowest BCUT2D eigenvalue weighted by atomic mass is 9.97. The van der Waals surface area contributed by atoms with Crippen LogP contribution < -0.4 is 9.47 Å². The second-order valence-corrected chi connectivity index (χ2v) is 18.1. The molecule has 25 nitrogen and oxygen atoms in total. The number of carbonyl (C=O) groups excluding carboxylic acids is 2. The van der Waals surface area contributed by atoms with Crippen LogP contribution in [-0.4, -0.2) is 202 Å². The first-order valence-corrected chi connectivity index (χ1v) is 23.8. The van der Waals surface area contributed by atoms with Crippen molar-refractivity contribution in [1.29, 1.82) is 0 Å². The zero-order valence-corrected chi connectivity index (χ0v) is 40.5. The van der Waals surface area contributed by atoms with E-state index >= 15 is 0 Å². The Bertz CT molecular complexity index is 2760. The van der Waals surface area contributed by atoms with Crippen LogP contribution in [0.1, 0.15) is 28.4 Å². The molecule has 4 aliphatic heterocycles. The van der Waals surface area contributed by atoms with E-state index in [1.54, 1.807) is 0 Å². The van der Waals surface area contributed by atoms with Crippen molar-refractivity contribution in [2.75, 3.05) is 26.9 Å². The Morgan fingerprint density at radius 3 is 1.74 bits per heavy atom. The third kappa shape index (κ3) is 13.0. The van der Waals surface area contributed by atoms with Crippen LogP contribution in [0.15, 0.2) is 96.8 Å². The number of fused-ring (bicyclic) bond motifs is 1.